The minimum Gasteiger partial charge on any atom is -0.481 e. The Kier molecular flexibility index (Phi) is 5.52. The van der Waals surface area contributed by atoms with E-state index in [1.165, 1.54) is 0 Å². The van der Waals surface area contributed by atoms with Crippen molar-refractivity contribution in [1.29, 1.82) is 0 Å². The number of aliphatic carboxylic acids is 1. The van der Waals surface area contributed by atoms with E-state index in [1.807, 2.05) is 0 Å². The van der Waals surface area contributed by atoms with Crippen LogP contribution in [0.5, 0.6) is 0 Å². The van der Waals surface area contributed by atoms with Gasteiger partial charge in [-0.05, 0) is 13.8 Å². The van der Waals surface area contributed by atoms with E-state index in [4.69, 9.17) is 5.11 Å². The summed E-state index contributed by atoms with van der Waals surface area (Å²) in [5.74, 6) is -0.969. The highest BCUT2D eigenvalue weighted by molar-refractivity contribution is 5.67. The van der Waals surface area contributed by atoms with Gasteiger partial charge in [-0.2, -0.15) is 0 Å². The molecule has 0 bridgehead atoms. The molecule has 0 aromatic rings. The molecule has 1 aliphatic heterocycles. The van der Waals surface area contributed by atoms with Gasteiger partial charge in [0.1, 0.15) is 0 Å². The van der Waals surface area contributed by atoms with Crippen LogP contribution in [0.25, 0.3) is 0 Å². The molecule has 1 unspecified atom stereocenters. The quantitative estimate of drug-likeness (QED) is 0.580. The molecular formula is C12H24N2O4. The number of carbonyl (C=O) groups is 1. The molecule has 0 aromatic carbocycles. The van der Waals surface area contributed by atoms with Crippen molar-refractivity contribution < 1.29 is 20.1 Å². The average molecular weight is 260 g/mol. The number of β-amino-alcohol motifs (C(OH)–C–C–N with tert-alkyl or cyclic N) is 2. The number of aliphatic hydroxyl groups is 2. The van der Waals surface area contributed by atoms with Gasteiger partial charge in [0.05, 0.1) is 18.1 Å². The lowest BCUT2D eigenvalue weighted by Crippen LogP contribution is -2.51. The summed E-state index contributed by atoms with van der Waals surface area (Å²) in [6.07, 6.45) is -1.01. The Hall–Kier alpha value is -0.690. The first-order valence-corrected chi connectivity index (χ1v) is 6.33. The molecule has 0 saturated carbocycles. The average Bonchev–Trinajstić information content (AvgIpc) is 2.17. The van der Waals surface area contributed by atoms with Crippen LogP contribution in [0.1, 0.15) is 20.3 Å². The van der Waals surface area contributed by atoms with Crippen molar-refractivity contribution in [2.45, 2.75) is 32.0 Å². The third kappa shape index (κ3) is 6.30. The summed E-state index contributed by atoms with van der Waals surface area (Å²) in [4.78, 5) is 14.7. The molecule has 0 aromatic heterocycles. The molecule has 1 aliphatic rings. The first-order valence-electron chi connectivity index (χ1n) is 6.33. The zero-order valence-electron chi connectivity index (χ0n) is 11.2. The molecule has 1 rings (SSSR count). The van der Waals surface area contributed by atoms with Crippen LogP contribution in [0.15, 0.2) is 0 Å². The zero-order valence-corrected chi connectivity index (χ0v) is 11.2. The number of aliphatic hydroxyl groups excluding tert-OH is 1. The maximum Gasteiger partial charge on any atom is 0.306 e. The zero-order chi connectivity index (χ0) is 13.8. The summed E-state index contributed by atoms with van der Waals surface area (Å²) in [6, 6.07) is 0. The Balaban J connectivity index is 2.25. The van der Waals surface area contributed by atoms with Crippen molar-refractivity contribution in [2.75, 3.05) is 39.3 Å². The van der Waals surface area contributed by atoms with Crippen LogP contribution < -0.4 is 0 Å². The van der Waals surface area contributed by atoms with Gasteiger partial charge in [-0.25, -0.2) is 0 Å². The second-order valence-electron chi connectivity index (χ2n) is 5.64. The van der Waals surface area contributed by atoms with E-state index in [0.717, 1.165) is 26.2 Å². The maximum atomic E-state index is 10.4. The first kappa shape index (κ1) is 15.4. The first-order chi connectivity index (χ1) is 8.26. The Morgan fingerprint density at radius 2 is 1.72 bits per heavy atom. The largest absolute Gasteiger partial charge is 0.481 e. The van der Waals surface area contributed by atoms with Crippen molar-refractivity contribution in [2.24, 2.45) is 0 Å². The molecule has 1 heterocycles. The van der Waals surface area contributed by atoms with Crippen LogP contribution in [-0.2, 0) is 4.79 Å². The fraction of sp³-hybridized carbons (Fsp3) is 0.917. The lowest BCUT2D eigenvalue weighted by atomic mass is 10.1. The Bertz CT molecular complexity index is 270. The molecule has 1 saturated heterocycles. The third-order valence-electron chi connectivity index (χ3n) is 2.95. The predicted molar refractivity (Wildman–Crippen MR) is 67.4 cm³/mol. The Morgan fingerprint density at radius 3 is 2.17 bits per heavy atom. The van der Waals surface area contributed by atoms with E-state index in [9.17, 15) is 15.0 Å². The summed E-state index contributed by atoms with van der Waals surface area (Å²) in [5, 5.41) is 27.8. The van der Waals surface area contributed by atoms with Crippen LogP contribution in [-0.4, -0.2) is 82.1 Å². The summed E-state index contributed by atoms with van der Waals surface area (Å²) in [6.45, 7) is 7.89. The molecular weight excluding hydrogens is 236 g/mol. The minimum atomic E-state index is -0.969. The highest BCUT2D eigenvalue weighted by Crippen LogP contribution is 2.09. The van der Waals surface area contributed by atoms with Crippen LogP contribution in [0.2, 0.25) is 0 Å². The number of piperazine rings is 1. The van der Waals surface area contributed by atoms with Crippen molar-refractivity contribution in [1.82, 2.24) is 9.80 Å². The fourth-order valence-corrected chi connectivity index (χ4v) is 2.24. The molecule has 106 valence electrons. The third-order valence-corrected chi connectivity index (χ3v) is 2.95. The van der Waals surface area contributed by atoms with Crippen molar-refractivity contribution >= 4 is 5.97 Å². The standard InChI is InChI=1S/C12H24N2O4/c1-12(2,18)9-14-5-3-13(4-6-14)8-10(15)7-11(16)17/h10,15,18H,3-9H2,1-2H3,(H,16,17). The van der Waals surface area contributed by atoms with Crippen LogP contribution in [0, 0.1) is 0 Å². The Labute approximate surface area is 108 Å². The van der Waals surface area contributed by atoms with Gasteiger partial charge in [-0.1, -0.05) is 0 Å². The van der Waals surface area contributed by atoms with Crippen molar-refractivity contribution in [3.05, 3.63) is 0 Å². The van der Waals surface area contributed by atoms with E-state index < -0.39 is 17.7 Å². The molecule has 0 aliphatic carbocycles. The molecule has 1 fully saturated rings. The second-order valence-corrected chi connectivity index (χ2v) is 5.64. The molecule has 0 radical (unpaired) electrons. The number of nitrogens with zero attached hydrogens (tertiary/aromatic N) is 2. The highest BCUT2D eigenvalue weighted by Gasteiger charge is 2.24. The number of hydrogen-bond acceptors (Lipinski definition) is 5. The molecule has 0 spiro atoms. The van der Waals surface area contributed by atoms with Gasteiger partial charge in [0.25, 0.3) is 0 Å². The van der Waals surface area contributed by atoms with E-state index in [2.05, 4.69) is 9.80 Å². The minimum absolute atomic E-state index is 0.204. The van der Waals surface area contributed by atoms with Crippen molar-refractivity contribution in [3.8, 4) is 0 Å². The van der Waals surface area contributed by atoms with E-state index in [0.29, 0.717) is 13.1 Å². The Morgan fingerprint density at radius 1 is 1.22 bits per heavy atom. The number of rotatable bonds is 6. The predicted octanol–water partition coefficient (Wildman–Crippen LogP) is -0.789. The van der Waals surface area contributed by atoms with Gasteiger partial charge >= 0.3 is 5.97 Å². The van der Waals surface area contributed by atoms with Crippen molar-refractivity contribution in [3.63, 3.8) is 0 Å². The summed E-state index contributed by atoms with van der Waals surface area (Å²) >= 11 is 0. The van der Waals surface area contributed by atoms with Crippen LogP contribution >= 0.6 is 0 Å². The van der Waals surface area contributed by atoms with Gasteiger partial charge in [0, 0.05) is 39.3 Å². The summed E-state index contributed by atoms with van der Waals surface area (Å²) in [5.41, 5.74) is -0.689. The second kappa shape index (κ2) is 6.47. The lowest BCUT2D eigenvalue weighted by molar-refractivity contribution is -0.139. The molecule has 6 heteroatoms. The highest BCUT2D eigenvalue weighted by atomic mass is 16.4. The summed E-state index contributed by atoms with van der Waals surface area (Å²) in [7, 11) is 0. The normalized spacial score (nSPS) is 20.9. The SMILES string of the molecule is CC(C)(O)CN1CCN(CC(O)CC(=O)O)CC1. The van der Waals surface area contributed by atoms with Gasteiger partial charge in [-0.3, -0.25) is 14.6 Å². The smallest absolute Gasteiger partial charge is 0.306 e. The number of carboxylic acids is 1. The molecule has 0 amide bonds. The van der Waals surface area contributed by atoms with Crippen LogP contribution in [0.3, 0.4) is 0 Å². The molecule has 18 heavy (non-hydrogen) atoms. The number of hydrogen-bond donors (Lipinski definition) is 3. The number of carboxylic acid groups (broad SMARTS) is 1. The molecule has 1 atom stereocenters. The van der Waals surface area contributed by atoms with Gasteiger partial charge < -0.3 is 15.3 Å². The molecule has 3 N–H and O–H groups in total. The van der Waals surface area contributed by atoms with Gasteiger partial charge in [-0.15, -0.1) is 0 Å². The topological polar surface area (TPSA) is 84.2 Å². The lowest BCUT2D eigenvalue weighted by Gasteiger charge is -2.37. The summed E-state index contributed by atoms with van der Waals surface area (Å²) < 4.78 is 0. The monoisotopic (exact) mass is 260 g/mol. The van der Waals surface area contributed by atoms with Gasteiger partial charge in [0.2, 0.25) is 0 Å². The fourth-order valence-electron chi connectivity index (χ4n) is 2.24. The molecule has 6 nitrogen and oxygen atoms in total. The van der Waals surface area contributed by atoms with E-state index in [-0.39, 0.29) is 6.42 Å². The maximum absolute atomic E-state index is 10.4. The van der Waals surface area contributed by atoms with Gasteiger partial charge in [0.15, 0.2) is 0 Å². The van der Waals surface area contributed by atoms with Crippen LogP contribution in [0.4, 0.5) is 0 Å². The van der Waals surface area contributed by atoms with E-state index >= 15 is 0 Å². The van der Waals surface area contributed by atoms with E-state index in [1.54, 1.807) is 13.8 Å².